The number of aromatic nitrogens is 1. The van der Waals surface area contributed by atoms with Gasteiger partial charge in [0.15, 0.2) is 0 Å². The maximum Gasteiger partial charge on any atom is 0.149 e. The van der Waals surface area contributed by atoms with E-state index in [2.05, 4.69) is 4.98 Å². The van der Waals surface area contributed by atoms with E-state index in [4.69, 9.17) is 27.5 Å². The molecular weight excluding hydrogens is 286 g/mol. The van der Waals surface area contributed by atoms with Crippen LogP contribution in [0.5, 0.6) is 11.5 Å². The summed E-state index contributed by atoms with van der Waals surface area (Å²) in [7, 11) is 0. The highest BCUT2D eigenvalue weighted by molar-refractivity contribution is 6.30. The van der Waals surface area contributed by atoms with E-state index in [0.717, 1.165) is 10.9 Å². The molecule has 0 fully saturated rings. The third kappa shape index (κ3) is 2.66. The van der Waals surface area contributed by atoms with Gasteiger partial charge in [0.25, 0.3) is 0 Å². The molecule has 5 heteroatoms. The number of fused-ring (bicyclic) bond motifs is 1. The average molecular weight is 298 g/mol. The van der Waals surface area contributed by atoms with Crippen molar-refractivity contribution in [1.29, 1.82) is 5.41 Å². The number of nitrogens with two attached hydrogens (primary N) is 1. The van der Waals surface area contributed by atoms with E-state index in [1.807, 2.05) is 24.3 Å². The second-order valence-corrected chi connectivity index (χ2v) is 4.93. The first kappa shape index (κ1) is 13.4. The van der Waals surface area contributed by atoms with Crippen LogP contribution in [0.25, 0.3) is 10.9 Å². The summed E-state index contributed by atoms with van der Waals surface area (Å²) < 4.78 is 5.92. The van der Waals surface area contributed by atoms with E-state index < -0.39 is 0 Å². The van der Waals surface area contributed by atoms with E-state index in [1.54, 1.807) is 30.5 Å². The molecule has 0 bridgehead atoms. The van der Waals surface area contributed by atoms with Gasteiger partial charge in [-0.1, -0.05) is 29.8 Å². The number of hydrogen-bond donors (Lipinski definition) is 2. The first-order chi connectivity index (χ1) is 10.1. The zero-order chi connectivity index (χ0) is 14.8. The number of pyridine rings is 1. The highest BCUT2D eigenvalue weighted by atomic mass is 35.5. The van der Waals surface area contributed by atoms with Crippen LogP contribution in [0, 0.1) is 5.41 Å². The number of benzene rings is 2. The summed E-state index contributed by atoms with van der Waals surface area (Å²) in [6.45, 7) is 0. The largest absolute Gasteiger partial charge is 0.456 e. The number of para-hydroxylation sites is 1. The SMILES string of the molecule is N=C(N)c1cnc2ccccc2c1Oc1cccc(Cl)c1. The number of ether oxygens (including phenoxy) is 1. The van der Waals surface area contributed by atoms with Crippen LogP contribution in [-0.2, 0) is 0 Å². The van der Waals surface area contributed by atoms with Gasteiger partial charge in [-0.05, 0) is 30.3 Å². The monoisotopic (exact) mass is 297 g/mol. The van der Waals surface area contributed by atoms with Gasteiger partial charge in [-0.15, -0.1) is 0 Å². The van der Waals surface area contributed by atoms with Crippen molar-refractivity contribution in [2.75, 3.05) is 0 Å². The van der Waals surface area contributed by atoms with Crippen molar-refractivity contribution in [3.05, 3.63) is 65.3 Å². The molecule has 0 saturated carbocycles. The predicted octanol–water partition coefficient (Wildman–Crippen LogP) is 3.96. The predicted molar refractivity (Wildman–Crippen MR) is 84.3 cm³/mol. The molecule has 3 aromatic rings. The number of rotatable bonds is 3. The molecule has 0 aliphatic rings. The Kier molecular flexibility index (Phi) is 3.46. The number of nitrogen functional groups attached to an aromatic ring is 1. The van der Waals surface area contributed by atoms with Crippen LogP contribution in [0.2, 0.25) is 5.02 Å². The van der Waals surface area contributed by atoms with E-state index in [0.29, 0.717) is 22.1 Å². The fourth-order valence-electron chi connectivity index (χ4n) is 2.07. The van der Waals surface area contributed by atoms with Crippen LogP contribution in [0.3, 0.4) is 0 Å². The number of halogens is 1. The summed E-state index contributed by atoms with van der Waals surface area (Å²) in [5.74, 6) is 1.00. The maximum atomic E-state index is 7.69. The van der Waals surface area contributed by atoms with Gasteiger partial charge in [-0.2, -0.15) is 0 Å². The molecule has 0 aliphatic heterocycles. The third-order valence-corrected chi connectivity index (χ3v) is 3.27. The van der Waals surface area contributed by atoms with Crippen LogP contribution in [0.4, 0.5) is 0 Å². The van der Waals surface area contributed by atoms with E-state index in [9.17, 15) is 0 Å². The van der Waals surface area contributed by atoms with Gasteiger partial charge < -0.3 is 10.5 Å². The average Bonchev–Trinajstić information content (AvgIpc) is 2.47. The van der Waals surface area contributed by atoms with Crippen LogP contribution < -0.4 is 10.5 Å². The smallest absolute Gasteiger partial charge is 0.149 e. The molecule has 3 N–H and O–H groups in total. The lowest BCUT2D eigenvalue weighted by atomic mass is 10.1. The second-order valence-electron chi connectivity index (χ2n) is 4.49. The van der Waals surface area contributed by atoms with Crippen LogP contribution in [0.1, 0.15) is 5.56 Å². The fraction of sp³-hybridized carbons (Fsp3) is 0. The Morgan fingerprint density at radius 2 is 1.95 bits per heavy atom. The van der Waals surface area contributed by atoms with Gasteiger partial charge >= 0.3 is 0 Å². The summed E-state index contributed by atoms with van der Waals surface area (Å²) in [6, 6.07) is 14.6. The molecule has 104 valence electrons. The molecule has 1 heterocycles. The molecule has 0 saturated heterocycles. The van der Waals surface area contributed by atoms with Gasteiger partial charge in [0, 0.05) is 16.6 Å². The van der Waals surface area contributed by atoms with Crippen molar-refractivity contribution >= 4 is 28.3 Å². The third-order valence-electron chi connectivity index (χ3n) is 3.03. The molecule has 0 aliphatic carbocycles. The number of nitrogens with zero attached hydrogens (tertiary/aromatic N) is 1. The van der Waals surface area contributed by atoms with E-state index >= 15 is 0 Å². The Labute approximate surface area is 126 Å². The molecule has 21 heavy (non-hydrogen) atoms. The quantitative estimate of drug-likeness (QED) is 0.567. The zero-order valence-corrected chi connectivity index (χ0v) is 11.8. The summed E-state index contributed by atoms with van der Waals surface area (Å²) in [5.41, 5.74) is 6.86. The minimum atomic E-state index is -0.0923. The van der Waals surface area contributed by atoms with Gasteiger partial charge in [0.05, 0.1) is 11.1 Å². The Morgan fingerprint density at radius 1 is 1.14 bits per heavy atom. The minimum Gasteiger partial charge on any atom is -0.456 e. The fourth-order valence-corrected chi connectivity index (χ4v) is 2.25. The molecule has 0 amide bonds. The normalized spacial score (nSPS) is 10.5. The molecule has 3 rings (SSSR count). The molecule has 0 radical (unpaired) electrons. The summed E-state index contributed by atoms with van der Waals surface area (Å²) in [6.07, 6.45) is 1.55. The lowest BCUT2D eigenvalue weighted by Crippen LogP contribution is -2.13. The Morgan fingerprint density at radius 3 is 2.71 bits per heavy atom. The first-order valence-electron chi connectivity index (χ1n) is 6.31. The van der Waals surface area contributed by atoms with Gasteiger partial charge in [0.1, 0.15) is 17.3 Å². The van der Waals surface area contributed by atoms with Crippen LogP contribution >= 0.6 is 11.6 Å². The lowest BCUT2D eigenvalue weighted by molar-refractivity contribution is 0.487. The lowest BCUT2D eigenvalue weighted by Gasteiger charge is -2.13. The van der Waals surface area contributed by atoms with Gasteiger partial charge in [-0.25, -0.2) is 0 Å². The van der Waals surface area contributed by atoms with E-state index in [1.165, 1.54) is 0 Å². The number of hydrogen-bond acceptors (Lipinski definition) is 3. The highest BCUT2D eigenvalue weighted by Crippen LogP contribution is 2.33. The van der Waals surface area contributed by atoms with Crippen molar-refractivity contribution in [2.45, 2.75) is 0 Å². The van der Waals surface area contributed by atoms with Crippen molar-refractivity contribution in [1.82, 2.24) is 4.98 Å². The maximum absolute atomic E-state index is 7.69. The second kappa shape index (κ2) is 5.42. The van der Waals surface area contributed by atoms with Crippen molar-refractivity contribution < 1.29 is 4.74 Å². The molecular formula is C16H12ClN3O. The number of nitrogens with one attached hydrogen (secondary N) is 1. The van der Waals surface area contributed by atoms with Gasteiger partial charge in [-0.3, -0.25) is 10.4 Å². The standard InChI is InChI=1S/C16H12ClN3O/c17-10-4-3-5-11(8-10)21-15-12-6-1-2-7-14(12)20-9-13(15)16(18)19/h1-9H,(H3,18,19). The van der Waals surface area contributed by atoms with Crippen molar-refractivity contribution in [2.24, 2.45) is 5.73 Å². The van der Waals surface area contributed by atoms with Crippen LogP contribution in [0.15, 0.2) is 54.7 Å². The van der Waals surface area contributed by atoms with E-state index in [-0.39, 0.29) is 5.84 Å². The zero-order valence-electron chi connectivity index (χ0n) is 11.0. The van der Waals surface area contributed by atoms with Crippen molar-refractivity contribution in [3.8, 4) is 11.5 Å². The summed E-state index contributed by atoms with van der Waals surface area (Å²) >= 11 is 5.97. The Bertz CT molecular complexity index is 833. The number of amidine groups is 1. The van der Waals surface area contributed by atoms with Gasteiger partial charge in [0.2, 0.25) is 0 Å². The molecule has 1 aromatic heterocycles. The highest BCUT2D eigenvalue weighted by Gasteiger charge is 2.13. The minimum absolute atomic E-state index is 0.0923. The topological polar surface area (TPSA) is 72.0 Å². The first-order valence-corrected chi connectivity index (χ1v) is 6.68. The molecule has 0 spiro atoms. The molecule has 2 aromatic carbocycles. The Balaban J connectivity index is 2.18. The Hall–Kier alpha value is -2.59. The summed E-state index contributed by atoms with van der Waals surface area (Å²) in [4.78, 5) is 4.30. The molecule has 4 nitrogen and oxygen atoms in total. The van der Waals surface area contributed by atoms with Crippen LogP contribution in [-0.4, -0.2) is 10.8 Å². The molecule has 0 atom stereocenters. The van der Waals surface area contributed by atoms with Crippen molar-refractivity contribution in [3.63, 3.8) is 0 Å². The molecule has 0 unspecified atom stereocenters. The summed E-state index contributed by atoms with van der Waals surface area (Å²) in [5, 5.41) is 9.07.